The molecule has 13 heavy (non-hydrogen) atoms. The van der Waals surface area contributed by atoms with Crippen LogP contribution in [0.4, 0.5) is 0 Å². The number of rotatable bonds is 2. The normalized spacial score (nSPS) is 46.4. The molecule has 0 saturated carbocycles. The first-order chi connectivity index (χ1) is 6.11. The predicted molar refractivity (Wildman–Crippen MR) is 40.8 cm³/mol. The molecule has 1 rings (SSSR count). The lowest BCUT2D eigenvalue weighted by atomic mass is 9.99. The van der Waals surface area contributed by atoms with Crippen molar-refractivity contribution >= 4 is 0 Å². The largest absolute Gasteiger partial charge is 0.394 e. The molecule has 1 aliphatic heterocycles. The minimum absolute atomic E-state index is 0.440. The second-order valence-corrected chi connectivity index (χ2v) is 2.93. The van der Waals surface area contributed by atoms with Crippen molar-refractivity contribution < 1.29 is 29.9 Å². The standard InChI is InChI=1S/C7H14O6/c1-12-7-6(11)5(10)4(9)3(2-8)13-7/h3-11H,2H2,1H3/t3-,4+,5-,6-,7-/m0/s1. The van der Waals surface area contributed by atoms with E-state index in [9.17, 15) is 15.3 Å². The van der Waals surface area contributed by atoms with E-state index >= 15 is 0 Å². The summed E-state index contributed by atoms with van der Waals surface area (Å²) < 4.78 is 9.65. The average molecular weight is 194 g/mol. The van der Waals surface area contributed by atoms with Gasteiger partial charge in [0.15, 0.2) is 6.29 Å². The molecule has 4 N–H and O–H groups in total. The first-order valence-corrected chi connectivity index (χ1v) is 3.95. The quantitative estimate of drug-likeness (QED) is 0.386. The molecule has 0 aromatic heterocycles. The summed E-state index contributed by atoms with van der Waals surface area (Å²) in [6.07, 6.45) is -5.91. The topological polar surface area (TPSA) is 99.4 Å². The van der Waals surface area contributed by atoms with Crippen molar-refractivity contribution in [2.24, 2.45) is 0 Å². The van der Waals surface area contributed by atoms with Gasteiger partial charge in [-0.2, -0.15) is 0 Å². The third kappa shape index (κ3) is 1.98. The van der Waals surface area contributed by atoms with Crippen molar-refractivity contribution in [3.05, 3.63) is 0 Å². The summed E-state index contributed by atoms with van der Waals surface area (Å²) in [7, 11) is 1.30. The summed E-state index contributed by atoms with van der Waals surface area (Å²) in [5, 5.41) is 36.6. The molecule has 6 heteroatoms. The van der Waals surface area contributed by atoms with Gasteiger partial charge in [0.25, 0.3) is 0 Å². The zero-order valence-electron chi connectivity index (χ0n) is 7.20. The van der Waals surface area contributed by atoms with E-state index < -0.39 is 37.3 Å². The monoisotopic (exact) mass is 194 g/mol. The minimum Gasteiger partial charge on any atom is -0.394 e. The van der Waals surface area contributed by atoms with Gasteiger partial charge in [0.1, 0.15) is 24.4 Å². The maximum atomic E-state index is 9.28. The molecule has 0 unspecified atom stereocenters. The number of methoxy groups -OCH3 is 1. The van der Waals surface area contributed by atoms with Gasteiger partial charge < -0.3 is 29.9 Å². The molecule has 1 aliphatic rings. The molecule has 0 radical (unpaired) electrons. The van der Waals surface area contributed by atoms with Gasteiger partial charge >= 0.3 is 0 Å². The summed E-state index contributed by atoms with van der Waals surface area (Å²) in [4.78, 5) is 0. The van der Waals surface area contributed by atoms with Crippen LogP contribution in [0.15, 0.2) is 0 Å². The van der Waals surface area contributed by atoms with Crippen molar-refractivity contribution in [3.63, 3.8) is 0 Å². The van der Waals surface area contributed by atoms with Crippen molar-refractivity contribution in [3.8, 4) is 0 Å². The van der Waals surface area contributed by atoms with E-state index in [0.29, 0.717) is 0 Å². The highest BCUT2D eigenvalue weighted by molar-refractivity contribution is 4.88. The van der Waals surface area contributed by atoms with Gasteiger partial charge in [-0.3, -0.25) is 0 Å². The smallest absolute Gasteiger partial charge is 0.186 e. The fourth-order valence-electron chi connectivity index (χ4n) is 1.26. The van der Waals surface area contributed by atoms with E-state index in [1.807, 2.05) is 0 Å². The Morgan fingerprint density at radius 2 is 1.77 bits per heavy atom. The lowest BCUT2D eigenvalue weighted by molar-refractivity contribution is -0.294. The van der Waals surface area contributed by atoms with E-state index in [1.165, 1.54) is 7.11 Å². The number of hydrogen-bond donors (Lipinski definition) is 4. The third-order valence-electron chi connectivity index (χ3n) is 2.08. The highest BCUT2D eigenvalue weighted by Crippen LogP contribution is 2.20. The van der Waals surface area contributed by atoms with Gasteiger partial charge in [-0.1, -0.05) is 0 Å². The van der Waals surface area contributed by atoms with Crippen LogP contribution in [-0.4, -0.2) is 64.8 Å². The SMILES string of the molecule is CO[C@H]1O[C@@H](CO)[C@@H](O)[C@H](O)[C@@H]1O. The fraction of sp³-hybridized carbons (Fsp3) is 1.00. The van der Waals surface area contributed by atoms with Crippen LogP contribution in [0.2, 0.25) is 0 Å². The Labute approximate surface area is 75.3 Å². The second-order valence-electron chi connectivity index (χ2n) is 2.93. The van der Waals surface area contributed by atoms with Gasteiger partial charge in [-0.15, -0.1) is 0 Å². The molecule has 1 heterocycles. The third-order valence-corrected chi connectivity index (χ3v) is 2.08. The van der Waals surface area contributed by atoms with Crippen LogP contribution in [0.1, 0.15) is 0 Å². The molecule has 0 amide bonds. The zero-order chi connectivity index (χ0) is 10.0. The second kappa shape index (κ2) is 4.32. The first-order valence-electron chi connectivity index (χ1n) is 3.95. The lowest BCUT2D eigenvalue weighted by Gasteiger charge is -2.38. The zero-order valence-corrected chi connectivity index (χ0v) is 7.20. The molecule has 0 bridgehead atoms. The van der Waals surface area contributed by atoms with Gasteiger partial charge in [-0.05, 0) is 0 Å². The van der Waals surface area contributed by atoms with Gasteiger partial charge in [0, 0.05) is 7.11 Å². The fourth-order valence-corrected chi connectivity index (χ4v) is 1.26. The number of aliphatic hydroxyl groups excluding tert-OH is 4. The Hall–Kier alpha value is -0.240. The molecule has 1 saturated heterocycles. The number of aliphatic hydroxyl groups is 4. The first kappa shape index (κ1) is 10.8. The minimum atomic E-state index is -1.36. The van der Waals surface area contributed by atoms with E-state index in [1.54, 1.807) is 0 Å². The summed E-state index contributed by atoms with van der Waals surface area (Å²) >= 11 is 0. The van der Waals surface area contributed by atoms with Crippen LogP contribution >= 0.6 is 0 Å². The van der Waals surface area contributed by atoms with Crippen LogP contribution in [0, 0.1) is 0 Å². The summed E-state index contributed by atoms with van der Waals surface area (Å²) in [5.41, 5.74) is 0. The van der Waals surface area contributed by atoms with Crippen molar-refractivity contribution in [1.29, 1.82) is 0 Å². The number of ether oxygens (including phenoxy) is 2. The molecule has 6 nitrogen and oxygen atoms in total. The summed E-state index contributed by atoms with van der Waals surface area (Å²) in [5.74, 6) is 0. The molecule has 5 atom stereocenters. The van der Waals surface area contributed by atoms with Crippen LogP contribution in [0.5, 0.6) is 0 Å². The Kier molecular flexibility index (Phi) is 3.60. The van der Waals surface area contributed by atoms with E-state index in [2.05, 4.69) is 0 Å². The number of hydrogen-bond acceptors (Lipinski definition) is 6. The molecule has 0 aromatic rings. The van der Waals surface area contributed by atoms with Crippen LogP contribution in [0.3, 0.4) is 0 Å². The maximum absolute atomic E-state index is 9.28. The highest BCUT2D eigenvalue weighted by atomic mass is 16.7. The average Bonchev–Trinajstić information content (AvgIpc) is 2.15. The molecule has 0 spiro atoms. The Morgan fingerprint density at radius 3 is 2.23 bits per heavy atom. The summed E-state index contributed by atoms with van der Waals surface area (Å²) in [6.45, 7) is -0.440. The van der Waals surface area contributed by atoms with E-state index in [0.717, 1.165) is 0 Å². The van der Waals surface area contributed by atoms with Crippen molar-refractivity contribution in [1.82, 2.24) is 0 Å². The van der Waals surface area contributed by atoms with Crippen LogP contribution in [-0.2, 0) is 9.47 Å². The van der Waals surface area contributed by atoms with Crippen LogP contribution < -0.4 is 0 Å². The molecular formula is C7H14O6. The van der Waals surface area contributed by atoms with E-state index in [4.69, 9.17) is 14.6 Å². The molecule has 0 aliphatic carbocycles. The lowest BCUT2D eigenvalue weighted by Crippen LogP contribution is -2.58. The molecular weight excluding hydrogens is 180 g/mol. The summed E-state index contributed by atoms with van der Waals surface area (Å²) in [6, 6.07) is 0. The predicted octanol–water partition coefficient (Wildman–Crippen LogP) is -2.57. The molecule has 1 fully saturated rings. The maximum Gasteiger partial charge on any atom is 0.186 e. The Balaban J connectivity index is 2.66. The molecule has 0 aromatic carbocycles. The van der Waals surface area contributed by atoms with Crippen molar-refractivity contribution in [2.45, 2.75) is 30.7 Å². The Bertz CT molecular complexity index is 143. The van der Waals surface area contributed by atoms with E-state index in [-0.39, 0.29) is 0 Å². The molecule has 78 valence electrons. The van der Waals surface area contributed by atoms with Gasteiger partial charge in [-0.25, -0.2) is 0 Å². The van der Waals surface area contributed by atoms with Crippen molar-refractivity contribution in [2.75, 3.05) is 13.7 Å². The highest BCUT2D eigenvalue weighted by Gasteiger charge is 2.43. The Morgan fingerprint density at radius 1 is 1.15 bits per heavy atom. The van der Waals surface area contributed by atoms with Crippen LogP contribution in [0.25, 0.3) is 0 Å². The van der Waals surface area contributed by atoms with Gasteiger partial charge in [0.2, 0.25) is 0 Å². The van der Waals surface area contributed by atoms with Gasteiger partial charge in [0.05, 0.1) is 6.61 Å².